The Kier molecular flexibility index (Phi) is 3.86. The maximum absolute atomic E-state index is 12.3. The molecule has 0 unspecified atom stereocenters. The van der Waals surface area contributed by atoms with Gasteiger partial charge in [-0.25, -0.2) is 5.01 Å². The molecule has 1 saturated heterocycles. The first-order chi connectivity index (χ1) is 9.74. The van der Waals surface area contributed by atoms with Gasteiger partial charge in [0, 0.05) is 4.88 Å². The van der Waals surface area contributed by atoms with Gasteiger partial charge in [0.05, 0.1) is 10.6 Å². The molecule has 6 heteroatoms. The number of rotatable bonds is 3. The molecular weight excluding hydrogens is 308 g/mol. The lowest BCUT2D eigenvalue weighted by Gasteiger charge is -2.16. The lowest BCUT2D eigenvalue weighted by atomic mass is 10.3. The summed E-state index contributed by atoms with van der Waals surface area (Å²) in [7, 11) is 0. The van der Waals surface area contributed by atoms with Crippen molar-refractivity contribution >= 4 is 57.3 Å². The number of thiophene rings is 1. The molecule has 3 rings (SSSR count). The summed E-state index contributed by atoms with van der Waals surface area (Å²) in [4.78, 5) is 14.0. The number of thioether (sulfide) groups is 1. The van der Waals surface area contributed by atoms with Gasteiger partial charge in [0.25, 0.3) is 5.91 Å². The molecule has 2 aromatic rings. The smallest absolute Gasteiger partial charge is 0.285 e. The van der Waals surface area contributed by atoms with E-state index in [1.165, 1.54) is 16.8 Å². The van der Waals surface area contributed by atoms with E-state index in [-0.39, 0.29) is 5.91 Å². The van der Waals surface area contributed by atoms with Crippen LogP contribution in [0.1, 0.15) is 4.88 Å². The summed E-state index contributed by atoms with van der Waals surface area (Å²) in [6, 6.07) is 13.4. The van der Waals surface area contributed by atoms with Gasteiger partial charge in [0.15, 0.2) is 4.32 Å². The standard InChI is InChI=1S/C14H10N2OS3/c17-13-12(9-11-7-4-8-19-11)20-14(18)16(13)15-10-5-2-1-3-6-10/h1-9,15H. The summed E-state index contributed by atoms with van der Waals surface area (Å²) in [6.45, 7) is 0. The third-order valence-corrected chi connectivity index (χ3v) is 4.75. The number of carbonyl (C=O) groups is 1. The van der Waals surface area contributed by atoms with Gasteiger partial charge in [-0.05, 0) is 41.9 Å². The van der Waals surface area contributed by atoms with Crippen LogP contribution in [0.3, 0.4) is 0 Å². The maximum Gasteiger partial charge on any atom is 0.285 e. The third kappa shape index (κ3) is 2.77. The Labute approximate surface area is 130 Å². The van der Waals surface area contributed by atoms with E-state index < -0.39 is 0 Å². The van der Waals surface area contributed by atoms with Gasteiger partial charge in [0.1, 0.15) is 0 Å². The molecule has 0 spiro atoms. The summed E-state index contributed by atoms with van der Waals surface area (Å²) in [5, 5.41) is 3.39. The third-order valence-electron chi connectivity index (χ3n) is 2.62. The molecule has 1 aromatic carbocycles. The zero-order chi connectivity index (χ0) is 13.9. The normalized spacial score (nSPS) is 17.0. The first kappa shape index (κ1) is 13.4. The number of nitrogens with zero attached hydrogens (tertiary/aromatic N) is 1. The van der Waals surface area contributed by atoms with E-state index in [0.717, 1.165) is 10.6 Å². The highest BCUT2D eigenvalue weighted by Gasteiger charge is 2.32. The maximum atomic E-state index is 12.3. The van der Waals surface area contributed by atoms with Gasteiger partial charge >= 0.3 is 0 Å². The average Bonchev–Trinajstić information content (AvgIpc) is 3.05. The quantitative estimate of drug-likeness (QED) is 0.685. The molecule has 1 fully saturated rings. The minimum Gasteiger partial charge on any atom is -0.290 e. The van der Waals surface area contributed by atoms with Crippen LogP contribution in [0.5, 0.6) is 0 Å². The number of hydrazine groups is 1. The molecule has 1 amide bonds. The fourth-order valence-corrected chi connectivity index (χ4v) is 3.61. The molecule has 0 bridgehead atoms. The van der Waals surface area contributed by atoms with Crippen LogP contribution >= 0.6 is 35.3 Å². The van der Waals surface area contributed by atoms with E-state index in [4.69, 9.17) is 12.2 Å². The average molecular weight is 318 g/mol. The van der Waals surface area contributed by atoms with E-state index in [1.54, 1.807) is 11.3 Å². The second-order valence-electron chi connectivity index (χ2n) is 4.01. The Hall–Kier alpha value is -1.63. The van der Waals surface area contributed by atoms with E-state index in [2.05, 4.69) is 5.43 Å². The van der Waals surface area contributed by atoms with Gasteiger partial charge in [0.2, 0.25) is 0 Å². The number of benzene rings is 1. The Morgan fingerprint density at radius 3 is 2.65 bits per heavy atom. The topological polar surface area (TPSA) is 32.3 Å². The first-order valence-electron chi connectivity index (χ1n) is 5.87. The van der Waals surface area contributed by atoms with Crippen LogP contribution in [0.25, 0.3) is 6.08 Å². The van der Waals surface area contributed by atoms with Crippen molar-refractivity contribution in [2.24, 2.45) is 0 Å². The summed E-state index contributed by atoms with van der Waals surface area (Å²) in [5.41, 5.74) is 3.87. The van der Waals surface area contributed by atoms with Gasteiger partial charge in [-0.3, -0.25) is 10.2 Å². The molecule has 2 heterocycles. The van der Waals surface area contributed by atoms with Gasteiger partial charge in [-0.2, -0.15) is 0 Å². The molecule has 1 aromatic heterocycles. The van der Waals surface area contributed by atoms with Crippen molar-refractivity contribution in [2.75, 3.05) is 5.43 Å². The lowest BCUT2D eigenvalue weighted by Crippen LogP contribution is -2.33. The number of amides is 1. The number of nitrogens with one attached hydrogen (secondary N) is 1. The van der Waals surface area contributed by atoms with E-state index in [1.807, 2.05) is 53.9 Å². The number of carbonyl (C=O) groups excluding carboxylic acids is 1. The Morgan fingerprint density at radius 2 is 1.95 bits per heavy atom. The number of para-hydroxylation sites is 1. The molecule has 20 heavy (non-hydrogen) atoms. The minimum absolute atomic E-state index is 0.114. The number of hydrogen-bond acceptors (Lipinski definition) is 5. The fourth-order valence-electron chi connectivity index (χ4n) is 1.71. The van der Waals surface area contributed by atoms with Gasteiger partial charge < -0.3 is 0 Å². The van der Waals surface area contributed by atoms with E-state index in [9.17, 15) is 4.79 Å². The highest BCUT2D eigenvalue weighted by atomic mass is 32.2. The van der Waals surface area contributed by atoms with Crippen molar-refractivity contribution in [1.82, 2.24) is 5.01 Å². The molecule has 0 radical (unpaired) electrons. The van der Waals surface area contributed by atoms with Gasteiger partial charge in [-0.15, -0.1) is 11.3 Å². The van der Waals surface area contributed by atoms with Crippen LogP contribution in [0.15, 0.2) is 52.7 Å². The molecule has 3 nitrogen and oxygen atoms in total. The van der Waals surface area contributed by atoms with E-state index in [0.29, 0.717) is 9.23 Å². The zero-order valence-electron chi connectivity index (χ0n) is 10.3. The highest BCUT2D eigenvalue weighted by Crippen LogP contribution is 2.33. The number of anilines is 1. The van der Waals surface area contributed by atoms with Crippen LogP contribution in [-0.2, 0) is 4.79 Å². The molecule has 0 aliphatic carbocycles. The summed E-state index contributed by atoms with van der Waals surface area (Å²) in [5.74, 6) is -0.114. The van der Waals surface area contributed by atoms with Crippen molar-refractivity contribution in [3.8, 4) is 0 Å². The first-order valence-corrected chi connectivity index (χ1v) is 7.97. The van der Waals surface area contributed by atoms with Gasteiger partial charge in [-0.1, -0.05) is 36.0 Å². The van der Waals surface area contributed by atoms with Crippen LogP contribution in [0.4, 0.5) is 5.69 Å². The number of thiocarbonyl (C=S) groups is 1. The van der Waals surface area contributed by atoms with Crippen molar-refractivity contribution in [2.45, 2.75) is 0 Å². The lowest BCUT2D eigenvalue weighted by molar-refractivity contribution is -0.121. The number of hydrogen-bond donors (Lipinski definition) is 1. The van der Waals surface area contributed by atoms with Crippen molar-refractivity contribution in [3.63, 3.8) is 0 Å². The summed E-state index contributed by atoms with van der Waals surface area (Å²) >= 11 is 8.16. The predicted molar refractivity (Wildman–Crippen MR) is 89.4 cm³/mol. The Balaban J connectivity index is 1.81. The van der Waals surface area contributed by atoms with Crippen molar-refractivity contribution in [1.29, 1.82) is 0 Å². The Bertz CT molecular complexity index is 665. The minimum atomic E-state index is -0.114. The van der Waals surface area contributed by atoms with Crippen LogP contribution in [-0.4, -0.2) is 15.2 Å². The molecular formula is C14H10N2OS3. The highest BCUT2D eigenvalue weighted by molar-refractivity contribution is 8.26. The van der Waals surface area contributed by atoms with Crippen molar-refractivity contribution < 1.29 is 4.79 Å². The molecule has 1 aliphatic rings. The molecule has 0 saturated carbocycles. The van der Waals surface area contributed by atoms with Crippen LogP contribution in [0.2, 0.25) is 0 Å². The predicted octanol–water partition coefficient (Wildman–Crippen LogP) is 3.98. The SMILES string of the molecule is O=C1C(=Cc2cccs2)SC(=S)N1Nc1ccccc1. The Morgan fingerprint density at radius 1 is 1.15 bits per heavy atom. The summed E-state index contributed by atoms with van der Waals surface area (Å²) in [6.07, 6.45) is 1.87. The monoisotopic (exact) mass is 318 g/mol. The second kappa shape index (κ2) is 5.78. The van der Waals surface area contributed by atoms with Crippen LogP contribution in [0, 0.1) is 0 Å². The molecule has 1 aliphatic heterocycles. The molecule has 1 N–H and O–H groups in total. The second-order valence-corrected chi connectivity index (χ2v) is 6.67. The largest absolute Gasteiger partial charge is 0.290 e. The van der Waals surface area contributed by atoms with E-state index >= 15 is 0 Å². The zero-order valence-corrected chi connectivity index (χ0v) is 12.7. The van der Waals surface area contributed by atoms with Crippen molar-refractivity contribution in [3.05, 3.63) is 57.6 Å². The molecule has 100 valence electrons. The fraction of sp³-hybridized carbons (Fsp3) is 0. The summed E-state index contributed by atoms with van der Waals surface area (Å²) < 4.78 is 0.515. The molecule has 0 atom stereocenters. The van der Waals surface area contributed by atoms with Crippen LogP contribution < -0.4 is 5.43 Å².